The molecule has 21 heavy (non-hydrogen) atoms. The van der Waals surface area contributed by atoms with Crippen LogP contribution in [0, 0.1) is 12.8 Å². The number of anilines is 1. The summed E-state index contributed by atoms with van der Waals surface area (Å²) in [5, 5.41) is 6.19. The molecule has 1 aliphatic heterocycles. The normalized spacial score (nSPS) is 19.6. The Balaban J connectivity index is 2.01. The molecule has 0 radical (unpaired) electrons. The second-order valence-electron chi connectivity index (χ2n) is 5.77. The molecule has 2 rings (SSSR count). The van der Waals surface area contributed by atoms with Gasteiger partial charge >= 0.3 is 11.8 Å². The molecule has 0 aliphatic carbocycles. The summed E-state index contributed by atoms with van der Waals surface area (Å²) in [6.07, 6.45) is 5.52. The predicted octanol–water partition coefficient (Wildman–Crippen LogP) is 2.35. The highest BCUT2D eigenvalue weighted by Gasteiger charge is 2.35. The van der Waals surface area contributed by atoms with Crippen LogP contribution in [0.2, 0.25) is 0 Å². The lowest BCUT2D eigenvalue weighted by Gasteiger charge is -2.28. The van der Waals surface area contributed by atoms with E-state index in [1.807, 2.05) is 0 Å². The first kappa shape index (κ1) is 15.5. The van der Waals surface area contributed by atoms with Crippen molar-refractivity contribution in [3.05, 3.63) is 11.8 Å². The topological polar surface area (TPSA) is 75.4 Å². The highest BCUT2D eigenvalue weighted by atomic mass is 16.5. The first-order chi connectivity index (χ1) is 10.0. The van der Waals surface area contributed by atoms with Gasteiger partial charge in [-0.25, -0.2) is 0 Å². The van der Waals surface area contributed by atoms with Crippen molar-refractivity contribution in [2.45, 2.75) is 52.5 Å². The number of hydrogen-bond acceptors (Lipinski definition) is 4. The molecule has 2 heterocycles. The molecule has 1 N–H and O–H groups in total. The summed E-state index contributed by atoms with van der Waals surface area (Å²) < 4.78 is 4.75. The maximum atomic E-state index is 12.4. The summed E-state index contributed by atoms with van der Waals surface area (Å²) >= 11 is 0. The van der Waals surface area contributed by atoms with Gasteiger partial charge in [0.2, 0.25) is 0 Å². The summed E-state index contributed by atoms with van der Waals surface area (Å²) in [5.41, 5.74) is 0.702. The maximum absolute atomic E-state index is 12.4. The third-order valence-electron chi connectivity index (χ3n) is 4.13. The van der Waals surface area contributed by atoms with E-state index >= 15 is 0 Å². The second-order valence-corrected chi connectivity index (χ2v) is 5.77. The van der Waals surface area contributed by atoms with Gasteiger partial charge in [0.15, 0.2) is 5.82 Å². The van der Waals surface area contributed by atoms with Gasteiger partial charge < -0.3 is 9.42 Å². The Hall–Kier alpha value is -1.85. The summed E-state index contributed by atoms with van der Waals surface area (Å²) in [4.78, 5) is 26.2. The van der Waals surface area contributed by atoms with Gasteiger partial charge in [0.1, 0.15) is 6.26 Å². The van der Waals surface area contributed by atoms with Gasteiger partial charge in [0.25, 0.3) is 0 Å². The van der Waals surface area contributed by atoms with E-state index in [4.69, 9.17) is 4.52 Å². The first-order valence-electron chi connectivity index (χ1n) is 7.57. The van der Waals surface area contributed by atoms with Crippen LogP contribution in [0.4, 0.5) is 5.82 Å². The van der Waals surface area contributed by atoms with Gasteiger partial charge in [-0.2, -0.15) is 0 Å². The maximum Gasteiger partial charge on any atom is 0.315 e. The molecule has 1 saturated heterocycles. The van der Waals surface area contributed by atoms with Crippen LogP contribution in [-0.4, -0.2) is 34.5 Å². The summed E-state index contributed by atoms with van der Waals surface area (Å²) in [7, 11) is 0. The molecule has 0 spiro atoms. The predicted molar refractivity (Wildman–Crippen MR) is 78.7 cm³/mol. The molecule has 1 aliphatic rings. The third-order valence-corrected chi connectivity index (χ3v) is 4.13. The zero-order chi connectivity index (χ0) is 15.4. The Bertz CT molecular complexity index is 512. The lowest BCUT2D eigenvalue weighted by molar-refractivity contribution is -0.144. The number of aromatic nitrogens is 1. The van der Waals surface area contributed by atoms with E-state index in [1.165, 1.54) is 6.26 Å². The molecule has 1 fully saturated rings. The SMILES string of the molecule is CCC[C@@H](C)[C@@H]1CCCN1C(=O)C(=O)Nc1nocc1C. The number of nitrogens with one attached hydrogen (secondary N) is 1. The van der Waals surface area contributed by atoms with E-state index in [0.29, 0.717) is 23.8 Å². The third kappa shape index (κ3) is 3.43. The van der Waals surface area contributed by atoms with Gasteiger partial charge in [-0.05, 0) is 32.1 Å². The smallest absolute Gasteiger partial charge is 0.315 e. The van der Waals surface area contributed by atoms with Crippen LogP contribution in [0.3, 0.4) is 0 Å². The molecule has 2 atom stereocenters. The zero-order valence-electron chi connectivity index (χ0n) is 12.9. The van der Waals surface area contributed by atoms with Crippen LogP contribution in [0.15, 0.2) is 10.8 Å². The summed E-state index contributed by atoms with van der Waals surface area (Å²) in [6.45, 7) is 6.71. The van der Waals surface area contributed by atoms with E-state index in [1.54, 1.807) is 11.8 Å². The molecule has 0 saturated carbocycles. The van der Waals surface area contributed by atoms with Crippen molar-refractivity contribution in [1.82, 2.24) is 10.1 Å². The Morgan fingerprint density at radius 3 is 2.95 bits per heavy atom. The molecule has 0 aromatic carbocycles. The summed E-state index contributed by atoms with van der Waals surface area (Å²) in [5.74, 6) is -0.376. The molecular formula is C15H23N3O3. The molecule has 6 heteroatoms. The van der Waals surface area contributed by atoms with E-state index in [9.17, 15) is 9.59 Å². The minimum atomic E-state index is -0.636. The summed E-state index contributed by atoms with van der Waals surface area (Å²) in [6, 6.07) is 0.168. The molecule has 116 valence electrons. The number of carbonyl (C=O) groups excluding carboxylic acids is 2. The Kier molecular flexibility index (Phi) is 4.98. The number of carbonyl (C=O) groups is 2. The average Bonchev–Trinajstić information content (AvgIpc) is 3.08. The van der Waals surface area contributed by atoms with Crippen LogP contribution < -0.4 is 5.32 Å². The minimum absolute atomic E-state index is 0.168. The fraction of sp³-hybridized carbons (Fsp3) is 0.667. The standard InChI is InChI=1S/C15H23N3O3/c1-4-6-10(2)12-7-5-8-18(12)15(20)14(19)16-13-11(3)9-21-17-13/h9-10,12H,4-8H2,1-3H3,(H,16,17,19)/t10-,12+/m1/s1. The van der Waals surface area contributed by atoms with Crippen LogP contribution in [0.1, 0.15) is 45.1 Å². The van der Waals surface area contributed by atoms with E-state index in [0.717, 1.165) is 25.7 Å². The number of rotatable bonds is 4. The average molecular weight is 293 g/mol. The van der Waals surface area contributed by atoms with Gasteiger partial charge in [0, 0.05) is 18.2 Å². The van der Waals surface area contributed by atoms with Gasteiger partial charge in [-0.3, -0.25) is 14.9 Å². The number of hydrogen-bond donors (Lipinski definition) is 1. The van der Waals surface area contributed by atoms with E-state index in [2.05, 4.69) is 24.3 Å². The van der Waals surface area contributed by atoms with Crippen LogP contribution in [0.25, 0.3) is 0 Å². The molecule has 1 aromatic rings. The fourth-order valence-corrected chi connectivity index (χ4v) is 2.98. The Labute approximate surface area is 124 Å². The van der Waals surface area contributed by atoms with Gasteiger partial charge in [-0.15, -0.1) is 0 Å². The quantitative estimate of drug-likeness (QED) is 0.865. The lowest BCUT2D eigenvalue weighted by Crippen LogP contribution is -2.45. The van der Waals surface area contributed by atoms with Gasteiger partial charge in [-0.1, -0.05) is 25.4 Å². The van der Waals surface area contributed by atoms with E-state index in [-0.39, 0.29) is 6.04 Å². The monoisotopic (exact) mass is 293 g/mol. The number of likely N-dealkylation sites (tertiary alicyclic amines) is 1. The number of amides is 2. The van der Waals surface area contributed by atoms with Crippen molar-refractivity contribution >= 4 is 17.6 Å². The molecule has 6 nitrogen and oxygen atoms in total. The minimum Gasteiger partial charge on any atom is -0.362 e. The van der Waals surface area contributed by atoms with E-state index < -0.39 is 11.8 Å². The van der Waals surface area contributed by atoms with Crippen molar-refractivity contribution in [2.75, 3.05) is 11.9 Å². The number of nitrogens with zero attached hydrogens (tertiary/aromatic N) is 2. The zero-order valence-corrected chi connectivity index (χ0v) is 12.9. The van der Waals surface area contributed by atoms with Crippen molar-refractivity contribution < 1.29 is 14.1 Å². The van der Waals surface area contributed by atoms with Crippen molar-refractivity contribution in [3.63, 3.8) is 0 Å². The van der Waals surface area contributed by atoms with Crippen LogP contribution in [-0.2, 0) is 9.59 Å². The van der Waals surface area contributed by atoms with Crippen molar-refractivity contribution in [3.8, 4) is 0 Å². The van der Waals surface area contributed by atoms with Gasteiger partial charge in [0.05, 0.1) is 0 Å². The molecule has 0 unspecified atom stereocenters. The number of aryl methyl sites for hydroxylation is 1. The molecule has 0 bridgehead atoms. The molecule has 1 aromatic heterocycles. The first-order valence-corrected chi connectivity index (χ1v) is 7.57. The molecular weight excluding hydrogens is 270 g/mol. The largest absolute Gasteiger partial charge is 0.362 e. The highest BCUT2D eigenvalue weighted by Crippen LogP contribution is 2.27. The second kappa shape index (κ2) is 6.74. The Morgan fingerprint density at radius 1 is 1.57 bits per heavy atom. The van der Waals surface area contributed by atoms with Crippen LogP contribution in [0.5, 0.6) is 0 Å². The van der Waals surface area contributed by atoms with Crippen molar-refractivity contribution in [2.24, 2.45) is 5.92 Å². The lowest BCUT2D eigenvalue weighted by atomic mass is 9.95. The van der Waals surface area contributed by atoms with Crippen molar-refractivity contribution in [1.29, 1.82) is 0 Å². The molecule has 2 amide bonds. The highest BCUT2D eigenvalue weighted by molar-refractivity contribution is 6.39. The Morgan fingerprint density at radius 2 is 2.33 bits per heavy atom. The van der Waals surface area contributed by atoms with Crippen LogP contribution >= 0.6 is 0 Å². The fourth-order valence-electron chi connectivity index (χ4n) is 2.98.